The number of hydrogen-bond donors (Lipinski definition) is 1. The van der Waals surface area contributed by atoms with Crippen molar-refractivity contribution >= 4 is 15.7 Å². The SMILES string of the molecule is O=C(COc1ccccc1)NCCc1nnc(S(=O)(=O)Cc2ccccc2)o1. The van der Waals surface area contributed by atoms with Gasteiger partial charge in [-0.05, 0) is 17.7 Å². The third kappa shape index (κ3) is 5.65. The minimum absolute atomic E-state index is 0.120. The van der Waals surface area contributed by atoms with Gasteiger partial charge in [-0.1, -0.05) is 53.6 Å². The monoisotopic (exact) mass is 401 g/mol. The summed E-state index contributed by atoms with van der Waals surface area (Å²) in [5.41, 5.74) is 0.632. The lowest BCUT2D eigenvalue weighted by Gasteiger charge is -2.06. The molecule has 0 fully saturated rings. The van der Waals surface area contributed by atoms with Crippen molar-refractivity contribution in [1.82, 2.24) is 15.5 Å². The number of benzene rings is 2. The molecule has 1 heterocycles. The van der Waals surface area contributed by atoms with Gasteiger partial charge >= 0.3 is 5.22 Å². The van der Waals surface area contributed by atoms with Crippen LogP contribution in [0.15, 0.2) is 70.3 Å². The Balaban J connectivity index is 1.46. The molecule has 0 aliphatic carbocycles. The average molecular weight is 401 g/mol. The Bertz CT molecular complexity index is 1000. The predicted octanol–water partition coefficient (Wildman–Crippen LogP) is 1.78. The van der Waals surface area contributed by atoms with Gasteiger partial charge in [0.25, 0.3) is 5.91 Å². The molecule has 1 N–H and O–H groups in total. The third-order valence-electron chi connectivity index (χ3n) is 3.69. The fourth-order valence-corrected chi connectivity index (χ4v) is 3.49. The molecule has 0 unspecified atom stereocenters. The van der Waals surface area contributed by atoms with Crippen molar-refractivity contribution in [3.05, 3.63) is 72.1 Å². The lowest BCUT2D eigenvalue weighted by atomic mass is 10.2. The highest BCUT2D eigenvalue weighted by molar-refractivity contribution is 7.90. The van der Waals surface area contributed by atoms with Crippen LogP contribution >= 0.6 is 0 Å². The normalized spacial score (nSPS) is 11.1. The average Bonchev–Trinajstić information content (AvgIpc) is 3.18. The van der Waals surface area contributed by atoms with Gasteiger partial charge in [0.15, 0.2) is 6.61 Å². The maximum atomic E-state index is 12.3. The van der Waals surface area contributed by atoms with Crippen LogP contribution in [0, 0.1) is 0 Å². The van der Waals surface area contributed by atoms with Gasteiger partial charge in [-0.25, -0.2) is 8.42 Å². The highest BCUT2D eigenvalue weighted by Crippen LogP contribution is 2.15. The molecule has 0 radical (unpaired) electrons. The molecule has 0 aliphatic heterocycles. The Morgan fingerprint density at radius 1 is 1.00 bits per heavy atom. The fourth-order valence-electron chi connectivity index (χ4n) is 2.35. The molecule has 0 spiro atoms. The van der Waals surface area contributed by atoms with Crippen molar-refractivity contribution in [3.8, 4) is 5.75 Å². The van der Waals surface area contributed by atoms with Crippen molar-refractivity contribution in [2.24, 2.45) is 0 Å². The van der Waals surface area contributed by atoms with E-state index in [1.165, 1.54) is 0 Å². The predicted molar refractivity (Wildman–Crippen MR) is 100 cm³/mol. The quantitative estimate of drug-likeness (QED) is 0.582. The molecule has 1 amide bonds. The molecule has 0 saturated carbocycles. The second-order valence-corrected chi connectivity index (χ2v) is 7.78. The van der Waals surface area contributed by atoms with Crippen LogP contribution in [0.5, 0.6) is 5.75 Å². The Morgan fingerprint density at radius 3 is 2.39 bits per heavy atom. The topological polar surface area (TPSA) is 111 Å². The number of amides is 1. The number of ether oxygens (including phenoxy) is 1. The number of carbonyl (C=O) groups is 1. The number of nitrogens with zero attached hydrogens (tertiary/aromatic N) is 2. The van der Waals surface area contributed by atoms with Crippen molar-refractivity contribution in [3.63, 3.8) is 0 Å². The Labute approximate surface area is 162 Å². The van der Waals surface area contributed by atoms with E-state index < -0.39 is 15.1 Å². The Morgan fingerprint density at radius 2 is 1.68 bits per heavy atom. The first-order chi connectivity index (χ1) is 13.5. The van der Waals surface area contributed by atoms with E-state index in [2.05, 4.69) is 15.5 Å². The van der Waals surface area contributed by atoms with Crippen LogP contribution in [0.25, 0.3) is 0 Å². The number of rotatable bonds is 9. The summed E-state index contributed by atoms with van der Waals surface area (Å²) >= 11 is 0. The second-order valence-electron chi connectivity index (χ2n) is 5.91. The van der Waals surface area contributed by atoms with Crippen LogP contribution in [-0.2, 0) is 26.8 Å². The van der Waals surface area contributed by atoms with Crippen molar-refractivity contribution in [2.45, 2.75) is 17.4 Å². The highest BCUT2D eigenvalue weighted by Gasteiger charge is 2.23. The summed E-state index contributed by atoms with van der Waals surface area (Å²) < 4.78 is 35.2. The maximum Gasteiger partial charge on any atom is 0.335 e. The van der Waals surface area contributed by atoms with Crippen LogP contribution in [0.4, 0.5) is 0 Å². The zero-order valence-corrected chi connectivity index (χ0v) is 15.8. The first-order valence-electron chi connectivity index (χ1n) is 8.56. The molecular formula is C19H19N3O5S. The molecule has 3 rings (SSSR count). The maximum absolute atomic E-state index is 12.3. The fraction of sp³-hybridized carbons (Fsp3) is 0.211. The number of sulfone groups is 1. The summed E-state index contributed by atoms with van der Waals surface area (Å²) in [5, 5.41) is 9.57. The summed E-state index contributed by atoms with van der Waals surface area (Å²) in [5.74, 6) is 0.210. The molecule has 1 aromatic heterocycles. The van der Waals surface area contributed by atoms with Gasteiger partial charge in [0.2, 0.25) is 15.7 Å². The van der Waals surface area contributed by atoms with Gasteiger partial charge in [-0.15, -0.1) is 5.10 Å². The third-order valence-corrected chi connectivity index (χ3v) is 5.10. The molecular weight excluding hydrogens is 382 g/mol. The smallest absolute Gasteiger partial charge is 0.335 e. The number of para-hydroxylation sites is 1. The molecule has 146 valence electrons. The van der Waals surface area contributed by atoms with E-state index in [0.717, 1.165) is 0 Å². The van der Waals surface area contributed by atoms with Crippen molar-refractivity contribution in [1.29, 1.82) is 0 Å². The van der Waals surface area contributed by atoms with Crippen molar-refractivity contribution < 1.29 is 22.4 Å². The highest BCUT2D eigenvalue weighted by atomic mass is 32.2. The number of aromatic nitrogens is 2. The molecule has 0 atom stereocenters. The van der Waals surface area contributed by atoms with Crippen LogP contribution in [0.1, 0.15) is 11.5 Å². The molecule has 0 bridgehead atoms. The zero-order chi connectivity index (χ0) is 19.8. The van der Waals surface area contributed by atoms with E-state index >= 15 is 0 Å². The summed E-state index contributed by atoms with van der Waals surface area (Å²) in [6.45, 7) is 0.0991. The molecule has 28 heavy (non-hydrogen) atoms. The van der Waals surface area contributed by atoms with E-state index in [1.807, 2.05) is 18.2 Å². The van der Waals surface area contributed by atoms with E-state index in [-0.39, 0.29) is 37.1 Å². The second kappa shape index (κ2) is 9.14. The van der Waals surface area contributed by atoms with Gasteiger partial charge in [0, 0.05) is 13.0 Å². The van der Waals surface area contributed by atoms with Gasteiger partial charge in [0.05, 0.1) is 5.75 Å². The van der Waals surface area contributed by atoms with Gasteiger partial charge < -0.3 is 14.5 Å². The summed E-state index contributed by atoms with van der Waals surface area (Å²) in [7, 11) is -3.72. The van der Waals surface area contributed by atoms with E-state index in [4.69, 9.17) is 9.15 Å². The van der Waals surface area contributed by atoms with Crippen LogP contribution in [0.2, 0.25) is 0 Å². The molecule has 0 saturated heterocycles. The number of hydrogen-bond acceptors (Lipinski definition) is 7. The van der Waals surface area contributed by atoms with Crippen molar-refractivity contribution in [2.75, 3.05) is 13.2 Å². The Hall–Kier alpha value is -3.20. The summed E-state index contributed by atoms with van der Waals surface area (Å²) in [6.07, 6.45) is 0.213. The standard InChI is InChI=1S/C19H19N3O5S/c23-17(13-26-16-9-5-2-6-10-16)20-12-11-18-21-22-19(27-18)28(24,25)14-15-7-3-1-4-8-15/h1-10H,11-14H2,(H,20,23). The summed E-state index contributed by atoms with van der Waals surface area (Å²) in [4.78, 5) is 11.8. The molecule has 3 aromatic rings. The molecule has 2 aromatic carbocycles. The molecule has 9 heteroatoms. The lowest BCUT2D eigenvalue weighted by Crippen LogP contribution is -2.30. The minimum atomic E-state index is -3.72. The van der Waals surface area contributed by atoms with Gasteiger partial charge in [0.1, 0.15) is 5.75 Å². The van der Waals surface area contributed by atoms with Gasteiger partial charge in [-0.3, -0.25) is 4.79 Å². The van der Waals surface area contributed by atoms with Gasteiger partial charge in [-0.2, -0.15) is 0 Å². The first-order valence-corrected chi connectivity index (χ1v) is 10.2. The lowest BCUT2D eigenvalue weighted by molar-refractivity contribution is -0.123. The van der Waals surface area contributed by atoms with E-state index in [1.54, 1.807) is 42.5 Å². The largest absolute Gasteiger partial charge is 0.484 e. The number of carbonyl (C=O) groups excluding carboxylic acids is 1. The van der Waals surface area contributed by atoms with Crippen LogP contribution < -0.4 is 10.1 Å². The van der Waals surface area contributed by atoms with E-state index in [0.29, 0.717) is 11.3 Å². The van der Waals surface area contributed by atoms with E-state index in [9.17, 15) is 13.2 Å². The van der Waals surface area contributed by atoms with Crippen LogP contribution in [-0.4, -0.2) is 37.7 Å². The first kappa shape index (κ1) is 19.6. The number of nitrogens with one attached hydrogen (secondary N) is 1. The summed E-state index contributed by atoms with van der Waals surface area (Å²) in [6, 6.07) is 17.7. The minimum Gasteiger partial charge on any atom is -0.484 e. The zero-order valence-electron chi connectivity index (χ0n) is 14.9. The Kier molecular flexibility index (Phi) is 6.38. The molecule has 0 aliphatic rings. The molecule has 8 nitrogen and oxygen atoms in total. The van der Waals surface area contributed by atoms with Crippen LogP contribution in [0.3, 0.4) is 0 Å².